The number of hydrogen-bond acceptors (Lipinski definition) is 6. The standard InChI is InChI=1S/C20H24N2O4/c23-19(25-21-15-7-13-17-9-3-1-4-10-17)20(24)26-22-16-8-14-18-11-5-2-6-12-18/h1-6,9-12,21-22H,7-8,13-16H2. The van der Waals surface area contributed by atoms with Crippen LogP contribution in [0.1, 0.15) is 24.0 Å². The number of benzene rings is 2. The zero-order valence-corrected chi connectivity index (χ0v) is 14.6. The van der Waals surface area contributed by atoms with Gasteiger partial charge in [-0.15, -0.1) is 0 Å². The molecule has 0 unspecified atom stereocenters. The predicted octanol–water partition coefficient (Wildman–Crippen LogP) is 2.35. The van der Waals surface area contributed by atoms with Crippen LogP contribution in [0.3, 0.4) is 0 Å². The fourth-order valence-corrected chi connectivity index (χ4v) is 2.34. The Labute approximate surface area is 153 Å². The first-order valence-corrected chi connectivity index (χ1v) is 8.71. The second-order valence-electron chi connectivity index (χ2n) is 5.75. The predicted molar refractivity (Wildman–Crippen MR) is 97.7 cm³/mol. The zero-order valence-electron chi connectivity index (χ0n) is 14.6. The van der Waals surface area contributed by atoms with Crippen LogP contribution in [0.2, 0.25) is 0 Å². The summed E-state index contributed by atoms with van der Waals surface area (Å²) in [5.41, 5.74) is 7.38. The van der Waals surface area contributed by atoms with Crippen LogP contribution in [0.15, 0.2) is 60.7 Å². The van der Waals surface area contributed by atoms with Crippen LogP contribution in [0.25, 0.3) is 0 Å². The molecule has 6 heteroatoms. The molecule has 0 heterocycles. The van der Waals surface area contributed by atoms with Crippen molar-refractivity contribution in [1.82, 2.24) is 11.0 Å². The van der Waals surface area contributed by atoms with E-state index in [2.05, 4.69) is 20.6 Å². The van der Waals surface area contributed by atoms with Crippen molar-refractivity contribution in [2.24, 2.45) is 0 Å². The van der Waals surface area contributed by atoms with E-state index in [1.807, 2.05) is 60.7 Å². The first-order valence-electron chi connectivity index (χ1n) is 8.71. The van der Waals surface area contributed by atoms with Gasteiger partial charge in [-0.05, 0) is 36.8 Å². The summed E-state index contributed by atoms with van der Waals surface area (Å²) >= 11 is 0. The molecule has 2 aromatic carbocycles. The zero-order chi connectivity index (χ0) is 18.5. The molecule has 0 amide bonds. The summed E-state index contributed by atoms with van der Waals surface area (Å²) in [5.74, 6) is -2.14. The van der Waals surface area contributed by atoms with Crippen molar-refractivity contribution in [3.8, 4) is 0 Å². The third-order valence-electron chi connectivity index (χ3n) is 3.67. The van der Waals surface area contributed by atoms with Gasteiger partial charge in [-0.25, -0.2) is 9.59 Å². The van der Waals surface area contributed by atoms with E-state index in [0.29, 0.717) is 13.1 Å². The number of aryl methyl sites for hydroxylation is 2. The highest BCUT2D eigenvalue weighted by molar-refractivity contribution is 6.29. The van der Waals surface area contributed by atoms with E-state index in [4.69, 9.17) is 0 Å². The van der Waals surface area contributed by atoms with E-state index in [9.17, 15) is 9.59 Å². The lowest BCUT2D eigenvalue weighted by atomic mass is 10.1. The molecule has 0 fully saturated rings. The third-order valence-corrected chi connectivity index (χ3v) is 3.67. The van der Waals surface area contributed by atoms with Crippen LogP contribution >= 0.6 is 0 Å². The Morgan fingerprint density at radius 2 is 1.04 bits per heavy atom. The summed E-state index contributed by atoms with van der Waals surface area (Å²) in [7, 11) is 0. The smallest absolute Gasteiger partial charge is 0.362 e. The molecular weight excluding hydrogens is 332 g/mol. The molecule has 0 aliphatic carbocycles. The van der Waals surface area contributed by atoms with Crippen molar-refractivity contribution < 1.29 is 19.3 Å². The highest BCUT2D eigenvalue weighted by Crippen LogP contribution is 2.02. The van der Waals surface area contributed by atoms with Gasteiger partial charge < -0.3 is 9.68 Å². The largest absolute Gasteiger partial charge is 0.437 e. The second kappa shape index (κ2) is 11.8. The Bertz CT molecular complexity index is 603. The molecule has 2 aromatic rings. The molecule has 0 atom stereocenters. The van der Waals surface area contributed by atoms with Gasteiger partial charge in [-0.2, -0.15) is 11.0 Å². The topological polar surface area (TPSA) is 76.7 Å². The van der Waals surface area contributed by atoms with Crippen molar-refractivity contribution in [2.45, 2.75) is 25.7 Å². The maximum absolute atomic E-state index is 11.5. The van der Waals surface area contributed by atoms with E-state index in [1.165, 1.54) is 11.1 Å². The van der Waals surface area contributed by atoms with Gasteiger partial charge >= 0.3 is 11.9 Å². The molecule has 0 aromatic heterocycles. The lowest BCUT2D eigenvalue weighted by Crippen LogP contribution is -2.32. The van der Waals surface area contributed by atoms with E-state index < -0.39 is 11.9 Å². The average Bonchev–Trinajstić information content (AvgIpc) is 2.68. The molecule has 0 aliphatic rings. The number of hydroxylamine groups is 2. The van der Waals surface area contributed by atoms with Crippen LogP contribution < -0.4 is 11.0 Å². The maximum Gasteiger partial charge on any atom is 0.437 e. The van der Waals surface area contributed by atoms with Gasteiger partial charge in [0.1, 0.15) is 0 Å². The van der Waals surface area contributed by atoms with Crippen LogP contribution in [0, 0.1) is 0 Å². The normalized spacial score (nSPS) is 10.3. The van der Waals surface area contributed by atoms with Gasteiger partial charge in [-0.1, -0.05) is 60.7 Å². The van der Waals surface area contributed by atoms with Crippen LogP contribution in [0.4, 0.5) is 0 Å². The number of hydrogen-bond donors (Lipinski definition) is 2. The molecule has 6 nitrogen and oxygen atoms in total. The second-order valence-corrected chi connectivity index (χ2v) is 5.75. The Morgan fingerprint density at radius 1 is 0.654 bits per heavy atom. The van der Waals surface area contributed by atoms with Crippen molar-refractivity contribution >= 4 is 11.9 Å². The Hall–Kier alpha value is -2.70. The van der Waals surface area contributed by atoms with Gasteiger partial charge in [0.05, 0.1) is 0 Å². The number of nitrogens with one attached hydrogen (secondary N) is 2. The summed E-state index contributed by atoms with van der Waals surface area (Å²) in [4.78, 5) is 32.3. The highest BCUT2D eigenvalue weighted by Gasteiger charge is 2.17. The van der Waals surface area contributed by atoms with Crippen molar-refractivity contribution in [1.29, 1.82) is 0 Å². The van der Waals surface area contributed by atoms with Crippen molar-refractivity contribution in [3.05, 3.63) is 71.8 Å². The molecule has 26 heavy (non-hydrogen) atoms. The lowest BCUT2D eigenvalue weighted by Gasteiger charge is -2.07. The molecule has 0 bridgehead atoms. The van der Waals surface area contributed by atoms with Gasteiger partial charge in [0.15, 0.2) is 0 Å². The van der Waals surface area contributed by atoms with Crippen LogP contribution in [0.5, 0.6) is 0 Å². The molecule has 0 aliphatic heterocycles. The fourth-order valence-electron chi connectivity index (χ4n) is 2.34. The molecule has 0 saturated carbocycles. The summed E-state index contributed by atoms with van der Waals surface area (Å²) in [6.07, 6.45) is 3.28. The first kappa shape index (κ1) is 19.6. The minimum atomic E-state index is -1.07. The van der Waals surface area contributed by atoms with Crippen LogP contribution in [-0.2, 0) is 32.1 Å². The summed E-state index contributed by atoms with van der Waals surface area (Å²) < 4.78 is 0. The average molecular weight is 356 g/mol. The van der Waals surface area contributed by atoms with E-state index >= 15 is 0 Å². The number of rotatable bonds is 10. The number of carbonyl (C=O) groups is 2. The molecular formula is C20H24N2O4. The Balaban J connectivity index is 1.47. The minimum Gasteiger partial charge on any atom is -0.362 e. The van der Waals surface area contributed by atoms with Gasteiger partial charge in [0.25, 0.3) is 0 Å². The monoisotopic (exact) mass is 356 g/mol. The molecule has 0 radical (unpaired) electrons. The van der Waals surface area contributed by atoms with Gasteiger partial charge in [0.2, 0.25) is 0 Å². The summed E-state index contributed by atoms with van der Waals surface area (Å²) in [6.45, 7) is 0.914. The number of carbonyl (C=O) groups excluding carboxylic acids is 2. The quantitative estimate of drug-likeness (QED) is 0.387. The van der Waals surface area contributed by atoms with Gasteiger partial charge in [0, 0.05) is 13.1 Å². The van der Waals surface area contributed by atoms with Crippen molar-refractivity contribution in [2.75, 3.05) is 13.1 Å². The van der Waals surface area contributed by atoms with Gasteiger partial charge in [-0.3, -0.25) is 0 Å². The summed E-state index contributed by atoms with van der Waals surface area (Å²) in [5, 5.41) is 0. The van der Waals surface area contributed by atoms with E-state index in [-0.39, 0.29) is 0 Å². The van der Waals surface area contributed by atoms with E-state index in [0.717, 1.165) is 25.7 Å². The fraction of sp³-hybridized carbons (Fsp3) is 0.300. The lowest BCUT2D eigenvalue weighted by molar-refractivity contribution is -0.176. The molecule has 138 valence electrons. The Morgan fingerprint density at radius 3 is 1.42 bits per heavy atom. The minimum absolute atomic E-state index is 0.457. The Kier molecular flexibility index (Phi) is 8.89. The SMILES string of the molecule is O=C(ONCCCc1ccccc1)C(=O)ONCCCc1ccccc1. The van der Waals surface area contributed by atoms with Crippen molar-refractivity contribution in [3.63, 3.8) is 0 Å². The first-order chi connectivity index (χ1) is 12.8. The highest BCUT2D eigenvalue weighted by atomic mass is 16.7. The molecule has 0 spiro atoms. The van der Waals surface area contributed by atoms with E-state index in [1.54, 1.807) is 0 Å². The molecule has 0 saturated heterocycles. The molecule has 2 rings (SSSR count). The summed E-state index contributed by atoms with van der Waals surface area (Å²) in [6, 6.07) is 20.0. The third kappa shape index (κ3) is 7.92. The maximum atomic E-state index is 11.5. The molecule has 2 N–H and O–H groups in total. The van der Waals surface area contributed by atoms with Crippen LogP contribution in [-0.4, -0.2) is 25.0 Å².